The molecule has 0 fully saturated rings. The third kappa shape index (κ3) is 3.36. The van der Waals surface area contributed by atoms with E-state index in [4.69, 9.17) is 16.0 Å². The first-order valence-electron chi connectivity index (χ1n) is 5.76. The van der Waals surface area contributed by atoms with Crippen molar-refractivity contribution in [3.05, 3.63) is 63.4 Å². The third-order valence-corrected chi connectivity index (χ3v) is 2.90. The van der Waals surface area contributed by atoms with Crippen LogP contribution in [0.2, 0.25) is 0 Å². The van der Waals surface area contributed by atoms with Crippen molar-refractivity contribution in [2.45, 2.75) is 12.4 Å². The van der Waals surface area contributed by atoms with Crippen LogP contribution < -0.4 is 5.32 Å². The van der Waals surface area contributed by atoms with Crippen LogP contribution in [0, 0.1) is 10.1 Å². The number of hydrogen-bond donors (Lipinski definition) is 1. The van der Waals surface area contributed by atoms with Crippen LogP contribution in [0.4, 0.5) is 5.88 Å². The van der Waals surface area contributed by atoms with Crippen LogP contribution >= 0.6 is 11.6 Å². The Morgan fingerprint density at radius 1 is 1.30 bits per heavy atom. The molecule has 0 spiro atoms. The summed E-state index contributed by atoms with van der Waals surface area (Å²) < 4.78 is 4.81. The summed E-state index contributed by atoms with van der Waals surface area (Å²) in [6, 6.07) is 9.86. The van der Waals surface area contributed by atoms with Crippen LogP contribution in [-0.4, -0.2) is 10.8 Å². The molecule has 0 radical (unpaired) electrons. The molecule has 0 saturated heterocycles. The third-order valence-electron chi connectivity index (χ3n) is 2.59. The van der Waals surface area contributed by atoms with Crippen molar-refractivity contribution in [1.82, 2.24) is 5.32 Å². The van der Waals surface area contributed by atoms with Gasteiger partial charge in [0.25, 0.3) is 5.91 Å². The van der Waals surface area contributed by atoms with Gasteiger partial charge >= 0.3 is 5.88 Å². The monoisotopic (exact) mass is 294 g/mol. The zero-order valence-electron chi connectivity index (χ0n) is 10.3. The molecule has 2 aromatic rings. The summed E-state index contributed by atoms with van der Waals surface area (Å²) in [6.07, 6.45) is 0. The Morgan fingerprint density at radius 3 is 2.70 bits per heavy atom. The summed E-state index contributed by atoms with van der Waals surface area (Å²) in [5.41, 5.74) is 1.84. The maximum absolute atomic E-state index is 11.8. The van der Waals surface area contributed by atoms with Gasteiger partial charge in [-0.15, -0.1) is 11.6 Å². The SMILES string of the molecule is O=C(NCc1cccc(CCl)c1)c1ccc([N+](=O)[O-])o1. The van der Waals surface area contributed by atoms with E-state index in [1.807, 2.05) is 24.3 Å². The Morgan fingerprint density at radius 2 is 2.05 bits per heavy atom. The molecular weight excluding hydrogens is 284 g/mol. The number of carbonyl (C=O) groups excluding carboxylic acids is 1. The molecule has 1 heterocycles. The Hall–Kier alpha value is -2.34. The number of alkyl halides is 1. The summed E-state index contributed by atoms with van der Waals surface area (Å²) in [6.45, 7) is 0.290. The molecule has 104 valence electrons. The second-order valence-corrected chi connectivity index (χ2v) is 4.30. The van der Waals surface area contributed by atoms with Gasteiger partial charge in [-0.25, -0.2) is 0 Å². The zero-order chi connectivity index (χ0) is 14.5. The Kier molecular flexibility index (Phi) is 4.37. The summed E-state index contributed by atoms with van der Waals surface area (Å²) in [5.74, 6) is -0.662. The second kappa shape index (κ2) is 6.21. The minimum Gasteiger partial charge on any atom is -0.395 e. The number of nitrogens with zero attached hydrogens (tertiary/aromatic N) is 1. The molecule has 6 nitrogen and oxygen atoms in total. The Labute approximate surface area is 119 Å². The summed E-state index contributed by atoms with van der Waals surface area (Å²) in [4.78, 5) is 21.5. The number of furan rings is 1. The molecule has 1 aromatic carbocycles. The number of carbonyl (C=O) groups is 1. The molecule has 0 aliphatic heterocycles. The van der Waals surface area contributed by atoms with E-state index in [0.717, 1.165) is 17.2 Å². The van der Waals surface area contributed by atoms with Gasteiger partial charge in [-0.3, -0.25) is 14.9 Å². The molecule has 2 rings (SSSR count). The van der Waals surface area contributed by atoms with E-state index in [9.17, 15) is 14.9 Å². The van der Waals surface area contributed by atoms with Gasteiger partial charge in [0.05, 0.1) is 6.07 Å². The van der Waals surface area contributed by atoms with E-state index in [2.05, 4.69) is 5.32 Å². The van der Waals surface area contributed by atoms with Crippen molar-refractivity contribution in [1.29, 1.82) is 0 Å². The van der Waals surface area contributed by atoms with Gasteiger partial charge in [0.15, 0.2) is 5.76 Å². The predicted octanol–water partition coefficient (Wildman–Crippen LogP) is 2.86. The van der Waals surface area contributed by atoms with E-state index >= 15 is 0 Å². The van der Waals surface area contributed by atoms with Crippen molar-refractivity contribution in [2.24, 2.45) is 0 Å². The smallest absolute Gasteiger partial charge is 0.395 e. The number of nitrogens with one attached hydrogen (secondary N) is 1. The first kappa shape index (κ1) is 14.1. The van der Waals surface area contributed by atoms with Crippen molar-refractivity contribution in [3.8, 4) is 0 Å². The summed E-state index contributed by atoms with van der Waals surface area (Å²) >= 11 is 5.72. The predicted molar refractivity (Wildman–Crippen MR) is 72.5 cm³/mol. The highest BCUT2D eigenvalue weighted by molar-refractivity contribution is 6.17. The van der Waals surface area contributed by atoms with E-state index in [-0.39, 0.29) is 12.3 Å². The minimum atomic E-state index is -0.694. The van der Waals surface area contributed by atoms with Gasteiger partial charge in [-0.05, 0) is 17.2 Å². The van der Waals surface area contributed by atoms with E-state index < -0.39 is 16.7 Å². The first-order valence-corrected chi connectivity index (χ1v) is 6.30. The summed E-state index contributed by atoms with van der Waals surface area (Å²) in [7, 11) is 0. The molecular formula is C13H11ClN2O4. The molecule has 1 N–H and O–H groups in total. The lowest BCUT2D eigenvalue weighted by atomic mass is 10.1. The molecule has 20 heavy (non-hydrogen) atoms. The maximum Gasteiger partial charge on any atom is 0.433 e. The van der Waals surface area contributed by atoms with Crippen LogP contribution in [-0.2, 0) is 12.4 Å². The largest absolute Gasteiger partial charge is 0.433 e. The van der Waals surface area contributed by atoms with Gasteiger partial charge in [0.2, 0.25) is 0 Å². The first-order chi connectivity index (χ1) is 9.60. The van der Waals surface area contributed by atoms with E-state index in [1.165, 1.54) is 6.07 Å². The fraction of sp³-hybridized carbons (Fsp3) is 0.154. The highest BCUT2D eigenvalue weighted by Gasteiger charge is 2.16. The lowest BCUT2D eigenvalue weighted by molar-refractivity contribution is -0.402. The van der Waals surface area contributed by atoms with Gasteiger partial charge < -0.3 is 9.73 Å². The zero-order valence-corrected chi connectivity index (χ0v) is 11.1. The number of hydrogen-bond acceptors (Lipinski definition) is 4. The number of benzene rings is 1. The maximum atomic E-state index is 11.8. The highest BCUT2D eigenvalue weighted by Crippen LogP contribution is 2.15. The molecule has 0 aliphatic carbocycles. The van der Waals surface area contributed by atoms with Crippen LogP contribution in [0.25, 0.3) is 0 Å². The quantitative estimate of drug-likeness (QED) is 0.522. The average Bonchev–Trinajstić information content (AvgIpc) is 2.95. The fourth-order valence-corrected chi connectivity index (χ4v) is 1.81. The number of amides is 1. The molecule has 1 aromatic heterocycles. The second-order valence-electron chi connectivity index (χ2n) is 4.03. The van der Waals surface area contributed by atoms with E-state index in [1.54, 1.807) is 0 Å². The molecule has 0 bridgehead atoms. The van der Waals surface area contributed by atoms with Crippen LogP contribution in [0.15, 0.2) is 40.8 Å². The van der Waals surface area contributed by atoms with Crippen molar-refractivity contribution < 1.29 is 14.1 Å². The molecule has 1 amide bonds. The summed E-state index contributed by atoms with van der Waals surface area (Å²) in [5, 5.41) is 13.1. The standard InChI is InChI=1S/C13H11ClN2O4/c14-7-9-2-1-3-10(6-9)8-15-13(17)11-4-5-12(20-11)16(18)19/h1-6H,7-8H2,(H,15,17). The molecule has 0 unspecified atom stereocenters. The average molecular weight is 295 g/mol. The van der Waals surface area contributed by atoms with Crippen molar-refractivity contribution >= 4 is 23.4 Å². The number of halogens is 1. The molecule has 0 aliphatic rings. The van der Waals surface area contributed by atoms with Crippen LogP contribution in [0.3, 0.4) is 0 Å². The Balaban J connectivity index is 1.98. The Bertz CT molecular complexity index is 639. The number of rotatable bonds is 5. The fourth-order valence-electron chi connectivity index (χ4n) is 1.64. The molecule has 7 heteroatoms. The molecule has 0 saturated carbocycles. The lowest BCUT2D eigenvalue weighted by Gasteiger charge is -2.04. The van der Waals surface area contributed by atoms with Gasteiger partial charge in [-0.1, -0.05) is 24.3 Å². The van der Waals surface area contributed by atoms with Gasteiger partial charge in [0, 0.05) is 12.4 Å². The topological polar surface area (TPSA) is 85.4 Å². The van der Waals surface area contributed by atoms with Gasteiger partial charge in [-0.2, -0.15) is 0 Å². The van der Waals surface area contributed by atoms with Gasteiger partial charge in [0.1, 0.15) is 4.92 Å². The van der Waals surface area contributed by atoms with Crippen LogP contribution in [0.5, 0.6) is 0 Å². The highest BCUT2D eigenvalue weighted by atomic mass is 35.5. The minimum absolute atomic E-state index is 0.0924. The lowest BCUT2D eigenvalue weighted by Crippen LogP contribution is -2.22. The van der Waals surface area contributed by atoms with Crippen molar-refractivity contribution in [3.63, 3.8) is 0 Å². The normalized spacial score (nSPS) is 10.2. The number of nitro groups is 1. The van der Waals surface area contributed by atoms with Crippen molar-refractivity contribution in [2.75, 3.05) is 0 Å². The molecule has 0 atom stereocenters. The van der Waals surface area contributed by atoms with E-state index in [0.29, 0.717) is 5.88 Å². The van der Waals surface area contributed by atoms with Crippen LogP contribution in [0.1, 0.15) is 21.7 Å².